The average Bonchev–Trinajstić information content (AvgIpc) is 2.72. The Morgan fingerprint density at radius 3 is 2.63 bits per heavy atom. The van der Waals surface area contributed by atoms with E-state index in [-0.39, 0.29) is 18.2 Å². The molecule has 2 aromatic rings. The van der Waals surface area contributed by atoms with Crippen molar-refractivity contribution in [3.05, 3.63) is 71.3 Å². The second kappa shape index (κ2) is 9.80. The van der Waals surface area contributed by atoms with Gasteiger partial charge in [0.1, 0.15) is 13.2 Å². The maximum absolute atomic E-state index is 12.2. The predicted octanol–water partition coefficient (Wildman–Crippen LogP) is 3.37. The van der Waals surface area contributed by atoms with Crippen molar-refractivity contribution in [1.29, 1.82) is 0 Å². The summed E-state index contributed by atoms with van der Waals surface area (Å²) < 4.78 is 37.2. The summed E-state index contributed by atoms with van der Waals surface area (Å²) in [4.78, 5) is 12.2. The highest BCUT2D eigenvalue weighted by molar-refractivity contribution is 7.88. The molecule has 0 atom stereocenters. The van der Waals surface area contributed by atoms with Gasteiger partial charge in [-0.25, -0.2) is 13.1 Å². The zero-order chi connectivity index (χ0) is 21.6. The van der Waals surface area contributed by atoms with Gasteiger partial charge in [0.25, 0.3) is 0 Å². The molecule has 0 saturated carbocycles. The number of ether oxygens (including phenoxy) is 2. The maximum atomic E-state index is 12.2. The van der Waals surface area contributed by atoms with E-state index in [0.717, 1.165) is 0 Å². The number of nitrogens with one attached hydrogen (secondary N) is 2. The first-order valence-electron chi connectivity index (χ1n) is 9.12. The van der Waals surface area contributed by atoms with Gasteiger partial charge in [-0.05, 0) is 41.5 Å². The van der Waals surface area contributed by atoms with E-state index in [2.05, 4.69) is 16.6 Å². The first-order valence-corrected chi connectivity index (χ1v) is 11.1. The summed E-state index contributed by atoms with van der Waals surface area (Å²) in [5.74, 6) is 0.558. The smallest absolute Gasteiger partial charge is 0.248 e. The Morgan fingerprint density at radius 1 is 1.17 bits per heavy atom. The Hall–Kier alpha value is -2.81. The molecule has 158 valence electrons. The van der Waals surface area contributed by atoms with Gasteiger partial charge < -0.3 is 14.8 Å². The molecular weight excluding hydrogens is 428 g/mol. The number of carbonyl (C=O) groups is 1. The van der Waals surface area contributed by atoms with Crippen molar-refractivity contribution < 1.29 is 22.7 Å². The standard InChI is InChI=1S/C21H21ClN2O5S/c1-2-9-23-30(26,27)14-15-3-6-17(7-4-15)24-20(25)8-5-16-12-18(22)21-19(13-16)28-10-11-29-21/h2-8,12-13,23H,1,9-11,14H2,(H,24,25)/b8-5+. The molecule has 0 unspecified atom stereocenters. The minimum absolute atomic E-state index is 0.153. The summed E-state index contributed by atoms with van der Waals surface area (Å²) in [6.07, 6.45) is 4.47. The molecule has 1 heterocycles. The van der Waals surface area contributed by atoms with E-state index in [1.165, 1.54) is 12.2 Å². The highest BCUT2D eigenvalue weighted by atomic mass is 35.5. The van der Waals surface area contributed by atoms with Gasteiger partial charge in [0, 0.05) is 18.3 Å². The Bertz CT molecular complexity index is 1070. The molecule has 0 aliphatic carbocycles. The van der Waals surface area contributed by atoms with Crippen LogP contribution in [0.3, 0.4) is 0 Å². The number of benzene rings is 2. The van der Waals surface area contributed by atoms with Gasteiger partial charge in [-0.1, -0.05) is 29.8 Å². The molecule has 3 rings (SSSR count). The summed E-state index contributed by atoms with van der Waals surface area (Å²) in [5, 5.41) is 3.14. The van der Waals surface area contributed by atoms with Crippen molar-refractivity contribution in [3.8, 4) is 11.5 Å². The van der Waals surface area contributed by atoms with Crippen LogP contribution in [-0.4, -0.2) is 34.1 Å². The fourth-order valence-corrected chi connectivity index (χ4v) is 4.10. The fourth-order valence-electron chi connectivity index (χ4n) is 2.72. The minimum atomic E-state index is -3.43. The van der Waals surface area contributed by atoms with Gasteiger partial charge in [0.2, 0.25) is 15.9 Å². The number of sulfonamides is 1. The van der Waals surface area contributed by atoms with E-state index in [9.17, 15) is 13.2 Å². The first-order chi connectivity index (χ1) is 14.4. The molecule has 1 aliphatic heterocycles. The molecule has 0 aromatic heterocycles. The van der Waals surface area contributed by atoms with Crippen molar-refractivity contribution in [2.45, 2.75) is 5.75 Å². The fraction of sp³-hybridized carbons (Fsp3) is 0.190. The van der Waals surface area contributed by atoms with Gasteiger partial charge in [0.15, 0.2) is 11.5 Å². The third-order valence-electron chi connectivity index (χ3n) is 4.07. The highest BCUT2D eigenvalue weighted by Crippen LogP contribution is 2.38. The normalized spacial score (nSPS) is 13.2. The molecule has 1 amide bonds. The Morgan fingerprint density at radius 2 is 1.90 bits per heavy atom. The molecular formula is C21H21ClN2O5S. The number of amides is 1. The van der Waals surface area contributed by atoms with E-state index in [1.807, 2.05) is 0 Å². The molecule has 0 spiro atoms. The van der Waals surface area contributed by atoms with Crippen LogP contribution < -0.4 is 19.5 Å². The van der Waals surface area contributed by atoms with Gasteiger partial charge in [-0.15, -0.1) is 6.58 Å². The molecule has 0 bridgehead atoms. The average molecular weight is 449 g/mol. The van der Waals surface area contributed by atoms with Crippen LogP contribution >= 0.6 is 11.6 Å². The molecule has 30 heavy (non-hydrogen) atoms. The SMILES string of the molecule is C=CCNS(=O)(=O)Cc1ccc(NC(=O)/C=C/c2cc(Cl)c3c(c2)OCCO3)cc1. The lowest BCUT2D eigenvalue weighted by Crippen LogP contribution is -2.25. The molecule has 9 heteroatoms. The van der Waals surface area contributed by atoms with Gasteiger partial charge in [-0.3, -0.25) is 4.79 Å². The molecule has 2 N–H and O–H groups in total. The van der Waals surface area contributed by atoms with E-state index >= 15 is 0 Å². The van der Waals surface area contributed by atoms with Crippen LogP contribution in [0.25, 0.3) is 6.08 Å². The molecule has 0 radical (unpaired) electrons. The second-order valence-corrected chi connectivity index (χ2v) is 8.66. The summed E-state index contributed by atoms with van der Waals surface area (Å²) in [6, 6.07) is 10.0. The number of hydrogen-bond acceptors (Lipinski definition) is 5. The lowest BCUT2D eigenvalue weighted by molar-refractivity contribution is -0.111. The van der Waals surface area contributed by atoms with E-state index in [0.29, 0.717) is 46.5 Å². The Balaban J connectivity index is 1.60. The zero-order valence-corrected chi connectivity index (χ0v) is 17.6. The van der Waals surface area contributed by atoms with Crippen LogP contribution in [-0.2, 0) is 20.6 Å². The number of fused-ring (bicyclic) bond motifs is 1. The third-order valence-corrected chi connectivity index (χ3v) is 5.67. The number of rotatable bonds is 8. The Kier molecular flexibility index (Phi) is 7.15. The van der Waals surface area contributed by atoms with Crippen molar-refractivity contribution in [2.24, 2.45) is 0 Å². The molecule has 1 aliphatic rings. The van der Waals surface area contributed by atoms with Crippen LogP contribution in [0.15, 0.2) is 55.1 Å². The lowest BCUT2D eigenvalue weighted by atomic mass is 10.1. The Labute approximate surface area is 180 Å². The van der Waals surface area contributed by atoms with Crippen LogP contribution in [0.5, 0.6) is 11.5 Å². The number of carbonyl (C=O) groups excluding carboxylic acids is 1. The van der Waals surface area contributed by atoms with Gasteiger partial charge >= 0.3 is 0 Å². The quantitative estimate of drug-likeness (QED) is 0.477. The summed E-state index contributed by atoms with van der Waals surface area (Å²) >= 11 is 6.19. The topological polar surface area (TPSA) is 93.7 Å². The molecule has 7 nitrogen and oxygen atoms in total. The van der Waals surface area contributed by atoms with E-state index in [4.69, 9.17) is 21.1 Å². The van der Waals surface area contributed by atoms with Gasteiger partial charge in [-0.2, -0.15) is 0 Å². The van der Waals surface area contributed by atoms with Crippen molar-refractivity contribution in [2.75, 3.05) is 25.1 Å². The second-order valence-electron chi connectivity index (χ2n) is 6.44. The summed E-state index contributed by atoms with van der Waals surface area (Å²) in [6.45, 7) is 4.54. The van der Waals surface area contributed by atoms with Crippen molar-refractivity contribution in [3.63, 3.8) is 0 Å². The van der Waals surface area contributed by atoms with Crippen LogP contribution in [0.1, 0.15) is 11.1 Å². The number of hydrogen-bond donors (Lipinski definition) is 2. The third kappa shape index (κ3) is 6.09. The summed E-state index contributed by atoms with van der Waals surface area (Å²) in [7, 11) is -3.43. The highest BCUT2D eigenvalue weighted by Gasteiger charge is 2.16. The zero-order valence-electron chi connectivity index (χ0n) is 16.1. The van der Waals surface area contributed by atoms with Crippen LogP contribution in [0.2, 0.25) is 5.02 Å². The number of anilines is 1. The largest absolute Gasteiger partial charge is 0.486 e. The van der Waals surface area contributed by atoms with Crippen LogP contribution in [0, 0.1) is 0 Å². The predicted molar refractivity (Wildman–Crippen MR) is 117 cm³/mol. The summed E-state index contributed by atoms with van der Waals surface area (Å²) in [5.41, 5.74) is 1.85. The van der Waals surface area contributed by atoms with E-state index in [1.54, 1.807) is 42.5 Å². The maximum Gasteiger partial charge on any atom is 0.248 e. The van der Waals surface area contributed by atoms with Crippen LogP contribution in [0.4, 0.5) is 5.69 Å². The monoisotopic (exact) mass is 448 g/mol. The van der Waals surface area contributed by atoms with Gasteiger partial charge in [0.05, 0.1) is 10.8 Å². The van der Waals surface area contributed by atoms with Crippen molar-refractivity contribution in [1.82, 2.24) is 4.72 Å². The van der Waals surface area contributed by atoms with E-state index < -0.39 is 10.0 Å². The molecule has 0 fully saturated rings. The van der Waals surface area contributed by atoms with Crippen molar-refractivity contribution >= 4 is 39.3 Å². The lowest BCUT2D eigenvalue weighted by Gasteiger charge is -2.19. The minimum Gasteiger partial charge on any atom is -0.486 e. The molecule has 0 saturated heterocycles. The first kappa shape index (κ1) is 21.9. The molecule has 2 aromatic carbocycles. The number of halogens is 1.